The second kappa shape index (κ2) is 8.11. The minimum Gasteiger partial charge on any atom is -0.464 e. The number of fused-ring (bicyclic) bond motifs is 1. The molecule has 2 unspecified atom stereocenters. The molecule has 0 bridgehead atoms. The van der Waals surface area contributed by atoms with E-state index in [4.69, 9.17) is 4.42 Å². The Kier molecular flexibility index (Phi) is 6.05. The van der Waals surface area contributed by atoms with Gasteiger partial charge in [-0.15, -0.1) is 0 Å². The Morgan fingerprint density at radius 3 is 2.65 bits per heavy atom. The Hall–Kier alpha value is -1.37. The third-order valence-corrected chi connectivity index (χ3v) is 7.06. The van der Waals surface area contributed by atoms with Crippen molar-refractivity contribution in [2.45, 2.75) is 44.5 Å². The zero-order valence-corrected chi connectivity index (χ0v) is 16.8. The lowest BCUT2D eigenvalue weighted by Gasteiger charge is -2.40. The van der Waals surface area contributed by atoms with Crippen molar-refractivity contribution in [3.63, 3.8) is 0 Å². The summed E-state index contributed by atoms with van der Waals surface area (Å²) in [5, 5.41) is 4.03. The van der Waals surface area contributed by atoms with E-state index in [1.54, 1.807) is 6.26 Å². The lowest BCUT2D eigenvalue weighted by atomic mass is 9.95. The lowest BCUT2D eigenvalue weighted by molar-refractivity contribution is 0.138. The molecule has 2 heterocycles. The van der Waals surface area contributed by atoms with E-state index in [0.717, 1.165) is 49.9 Å². The van der Waals surface area contributed by atoms with Crippen molar-refractivity contribution < 1.29 is 12.8 Å². The summed E-state index contributed by atoms with van der Waals surface area (Å²) < 4.78 is 30.7. The maximum atomic E-state index is 12.7. The van der Waals surface area contributed by atoms with Crippen molar-refractivity contribution in [2.75, 3.05) is 25.9 Å². The highest BCUT2D eigenvalue weighted by atomic mass is 32.2. The Balaban J connectivity index is 1.81. The van der Waals surface area contributed by atoms with Crippen molar-refractivity contribution in [3.05, 3.63) is 36.1 Å². The summed E-state index contributed by atoms with van der Waals surface area (Å²) in [5.41, 5.74) is 2.10. The van der Waals surface area contributed by atoms with E-state index >= 15 is 0 Å². The van der Waals surface area contributed by atoms with E-state index in [1.807, 2.05) is 12.1 Å². The predicted octanol–water partition coefficient (Wildman–Crippen LogP) is 3.06. The van der Waals surface area contributed by atoms with Gasteiger partial charge in [0.1, 0.15) is 11.0 Å². The maximum absolute atomic E-state index is 12.7. The molecule has 0 spiro atoms. The number of furan rings is 1. The summed E-state index contributed by atoms with van der Waals surface area (Å²) in [6.07, 6.45) is 5.76. The fraction of sp³-hybridized carbons (Fsp3) is 0.600. The first kappa shape index (κ1) is 19.4. The van der Waals surface area contributed by atoms with Crippen LogP contribution in [-0.2, 0) is 16.3 Å². The molecule has 1 saturated heterocycles. The second-order valence-electron chi connectivity index (χ2n) is 7.48. The first-order chi connectivity index (χ1) is 12.4. The minimum absolute atomic E-state index is 0.152. The van der Waals surface area contributed by atoms with Crippen LogP contribution in [0.15, 0.2) is 34.9 Å². The number of likely N-dealkylation sites (N-methyl/N-ethyl adjacent to an activating group) is 1. The average molecular weight is 379 g/mol. The SMILES string of the molecule is CCN(C(C)Cc1ccc2occc2c1)C(C1CCNCC1)S(C)(=O)=O. The number of piperidine rings is 1. The van der Waals surface area contributed by atoms with Gasteiger partial charge in [-0.1, -0.05) is 13.0 Å². The molecule has 144 valence electrons. The van der Waals surface area contributed by atoms with Gasteiger partial charge in [0.15, 0.2) is 9.84 Å². The van der Waals surface area contributed by atoms with Gasteiger partial charge in [-0.3, -0.25) is 4.90 Å². The highest BCUT2D eigenvalue weighted by Crippen LogP contribution is 2.28. The molecule has 1 aromatic carbocycles. The number of hydrogen-bond acceptors (Lipinski definition) is 5. The van der Waals surface area contributed by atoms with E-state index in [0.29, 0.717) is 0 Å². The molecule has 0 amide bonds. The molecular weight excluding hydrogens is 348 g/mol. The highest BCUT2D eigenvalue weighted by molar-refractivity contribution is 7.91. The monoisotopic (exact) mass is 378 g/mol. The standard InChI is InChI=1S/C20H30N2O3S/c1-4-22(20(26(3,23)24)17-7-10-21-11-8-17)15(2)13-16-5-6-19-18(14-16)9-12-25-19/h5-6,9,12,14-15,17,20-21H,4,7-8,10-11,13H2,1-3H3. The molecule has 6 heteroatoms. The Bertz CT molecular complexity index is 824. The summed E-state index contributed by atoms with van der Waals surface area (Å²) >= 11 is 0. The zero-order valence-electron chi connectivity index (χ0n) is 15.9. The van der Waals surface area contributed by atoms with Gasteiger partial charge in [0.25, 0.3) is 0 Å². The molecule has 1 N–H and O–H groups in total. The first-order valence-electron chi connectivity index (χ1n) is 9.51. The number of sulfone groups is 1. The molecule has 1 aliphatic heterocycles. The van der Waals surface area contributed by atoms with Crippen LogP contribution in [0.5, 0.6) is 0 Å². The van der Waals surface area contributed by atoms with Gasteiger partial charge in [0, 0.05) is 17.7 Å². The van der Waals surface area contributed by atoms with Crippen molar-refractivity contribution in [1.82, 2.24) is 10.2 Å². The number of nitrogens with one attached hydrogen (secondary N) is 1. The summed E-state index contributed by atoms with van der Waals surface area (Å²) in [6, 6.07) is 8.34. The molecule has 1 aliphatic rings. The smallest absolute Gasteiger partial charge is 0.163 e. The fourth-order valence-electron chi connectivity index (χ4n) is 4.34. The van der Waals surface area contributed by atoms with E-state index in [1.165, 1.54) is 11.8 Å². The maximum Gasteiger partial charge on any atom is 0.163 e. The zero-order chi connectivity index (χ0) is 18.7. The highest BCUT2D eigenvalue weighted by Gasteiger charge is 2.37. The molecule has 3 rings (SSSR count). The number of rotatable bonds is 7. The van der Waals surface area contributed by atoms with E-state index in [2.05, 4.69) is 36.2 Å². The van der Waals surface area contributed by atoms with Crippen LogP contribution in [0.3, 0.4) is 0 Å². The van der Waals surface area contributed by atoms with Crippen LogP contribution in [0.2, 0.25) is 0 Å². The lowest BCUT2D eigenvalue weighted by Crippen LogP contribution is -2.52. The minimum atomic E-state index is -3.16. The van der Waals surface area contributed by atoms with Crippen LogP contribution in [0.1, 0.15) is 32.3 Å². The topological polar surface area (TPSA) is 62.6 Å². The Labute approximate surface area is 156 Å². The van der Waals surface area contributed by atoms with Crippen LogP contribution in [0.25, 0.3) is 11.0 Å². The average Bonchev–Trinajstić information content (AvgIpc) is 3.06. The molecule has 1 fully saturated rings. The van der Waals surface area contributed by atoms with Gasteiger partial charge in [-0.25, -0.2) is 8.42 Å². The molecule has 0 radical (unpaired) electrons. The molecule has 0 saturated carbocycles. The van der Waals surface area contributed by atoms with Crippen LogP contribution < -0.4 is 5.32 Å². The molecule has 1 aromatic heterocycles. The molecule has 5 nitrogen and oxygen atoms in total. The molecule has 26 heavy (non-hydrogen) atoms. The largest absolute Gasteiger partial charge is 0.464 e. The number of benzene rings is 1. The molecule has 2 atom stereocenters. The normalized spacial score (nSPS) is 19.1. The molecular formula is C20H30N2O3S. The van der Waals surface area contributed by atoms with Crippen LogP contribution >= 0.6 is 0 Å². The van der Waals surface area contributed by atoms with Crippen LogP contribution in [0, 0.1) is 5.92 Å². The van der Waals surface area contributed by atoms with Gasteiger partial charge in [-0.05, 0) is 75.5 Å². The van der Waals surface area contributed by atoms with E-state index < -0.39 is 15.2 Å². The van der Waals surface area contributed by atoms with Gasteiger partial charge < -0.3 is 9.73 Å². The third kappa shape index (κ3) is 4.30. The quantitative estimate of drug-likeness (QED) is 0.802. The Morgan fingerprint density at radius 2 is 2.00 bits per heavy atom. The van der Waals surface area contributed by atoms with Crippen LogP contribution in [-0.4, -0.2) is 50.6 Å². The van der Waals surface area contributed by atoms with E-state index in [-0.39, 0.29) is 12.0 Å². The van der Waals surface area contributed by atoms with Crippen molar-refractivity contribution in [3.8, 4) is 0 Å². The molecule has 0 aliphatic carbocycles. The van der Waals surface area contributed by atoms with Crippen molar-refractivity contribution >= 4 is 20.8 Å². The summed E-state index contributed by atoms with van der Waals surface area (Å²) in [7, 11) is -3.16. The summed E-state index contributed by atoms with van der Waals surface area (Å²) in [5.74, 6) is 0.199. The van der Waals surface area contributed by atoms with Crippen molar-refractivity contribution in [1.29, 1.82) is 0 Å². The van der Waals surface area contributed by atoms with Gasteiger partial charge in [-0.2, -0.15) is 0 Å². The van der Waals surface area contributed by atoms with E-state index in [9.17, 15) is 8.42 Å². The number of nitrogens with zero attached hydrogens (tertiary/aromatic N) is 1. The van der Waals surface area contributed by atoms with Gasteiger partial charge in [0.05, 0.1) is 6.26 Å². The fourth-order valence-corrected chi connectivity index (χ4v) is 6.16. The second-order valence-corrected chi connectivity index (χ2v) is 9.63. The van der Waals surface area contributed by atoms with Crippen LogP contribution in [0.4, 0.5) is 0 Å². The summed E-state index contributed by atoms with van der Waals surface area (Å²) in [4.78, 5) is 2.19. The molecule has 2 aromatic rings. The van der Waals surface area contributed by atoms with Crippen molar-refractivity contribution in [2.24, 2.45) is 5.92 Å². The number of hydrogen-bond donors (Lipinski definition) is 1. The Morgan fingerprint density at radius 1 is 1.27 bits per heavy atom. The van der Waals surface area contributed by atoms with Gasteiger partial charge in [0.2, 0.25) is 0 Å². The first-order valence-corrected chi connectivity index (χ1v) is 11.5. The van der Waals surface area contributed by atoms with Gasteiger partial charge >= 0.3 is 0 Å². The third-order valence-electron chi connectivity index (χ3n) is 5.53. The summed E-state index contributed by atoms with van der Waals surface area (Å²) in [6.45, 7) is 6.74. The predicted molar refractivity (Wildman–Crippen MR) is 106 cm³/mol.